The molecule has 54 heavy (non-hydrogen) atoms. The van der Waals surface area contributed by atoms with Crippen molar-refractivity contribution in [3.05, 3.63) is 37.5 Å². The number of carbonyl (C=O) groups excluding carboxylic acids is 6. The lowest BCUT2D eigenvalue weighted by Gasteiger charge is -2.20. The predicted molar refractivity (Wildman–Crippen MR) is 198 cm³/mol. The first kappa shape index (κ1) is 40.1. The number of unbranched alkanes of at least 4 members (excludes halogenated alkanes) is 2. The third kappa shape index (κ3) is 8.47. The molecular weight excluding hydrogens is 719 g/mol. The van der Waals surface area contributed by atoms with Gasteiger partial charge in [0.05, 0.1) is 93.1 Å². The van der Waals surface area contributed by atoms with Crippen LogP contribution in [0.2, 0.25) is 0 Å². The van der Waals surface area contributed by atoms with Crippen LogP contribution in [-0.2, 0) is 42.9 Å². The first-order valence-corrected chi connectivity index (χ1v) is 20.3. The second-order valence-electron chi connectivity index (χ2n) is 14.5. The lowest BCUT2D eigenvalue weighted by atomic mass is 9.87. The van der Waals surface area contributed by atoms with Crippen LogP contribution in [0.25, 0.3) is 0 Å². The third-order valence-electron chi connectivity index (χ3n) is 11.2. The van der Waals surface area contributed by atoms with Crippen molar-refractivity contribution < 1.29 is 47.7 Å². The molecule has 296 valence electrons. The SMILES string of the molecule is C=CC1OC(/C=C\C2OC(C=C)C3C(=O)N(CCOCCOCCNC(=O)CCCC[C@@H]4SC[C@@H]5NC(=O)N[C@@H]54)C(=O)C23)C2C(=O)N(CCCC)C(=O)C12. The minimum atomic E-state index is -0.766. The van der Waals surface area contributed by atoms with E-state index in [0.29, 0.717) is 31.4 Å². The summed E-state index contributed by atoms with van der Waals surface area (Å²) in [4.78, 5) is 79.6. The van der Waals surface area contributed by atoms with Crippen LogP contribution in [0, 0.1) is 23.7 Å². The Labute approximate surface area is 320 Å². The average Bonchev–Trinajstić information content (AvgIpc) is 3.99. The lowest BCUT2D eigenvalue weighted by molar-refractivity contribution is -0.145. The Hall–Kier alpha value is -3.57. The van der Waals surface area contributed by atoms with Gasteiger partial charge < -0.3 is 34.9 Å². The van der Waals surface area contributed by atoms with Crippen molar-refractivity contribution in [1.82, 2.24) is 25.8 Å². The van der Waals surface area contributed by atoms with Gasteiger partial charge in [0.2, 0.25) is 29.5 Å². The van der Waals surface area contributed by atoms with Gasteiger partial charge in [0.15, 0.2) is 0 Å². The van der Waals surface area contributed by atoms with Gasteiger partial charge in [0.1, 0.15) is 0 Å². The molecule has 0 bridgehead atoms. The molecule has 8 unspecified atom stereocenters. The highest BCUT2D eigenvalue weighted by Crippen LogP contribution is 2.44. The van der Waals surface area contributed by atoms with E-state index in [4.69, 9.17) is 18.9 Å². The molecular formula is C38H53N5O10S. The van der Waals surface area contributed by atoms with Crippen LogP contribution < -0.4 is 16.0 Å². The summed E-state index contributed by atoms with van der Waals surface area (Å²) in [7, 11) is 0. The molecule has 6 fully saturated rings. The zero-order chi connectivity index (χ0) is 38.4. The highest BCUT2D eigenvalue weighted by atomic mass is 32.2. The van der Waals surface area contributed by atoms with Gasteiger partial charge in [0, 0.05) is 30.5 Å². The number of hydrogen-bond donors (Lipinski definition) is 3. The number of rotatable bonds is 21. The van der Waals surface area contributed by atoms with Crippen molar-refractivity contribution in [2.45, 2.75) is 87.2 Å². The molecule has 16 heteroatoms. The molecule has 6 saturated heterocycles. The Morgan fingerprint density at radius 2 is 1.37 bits per heavy atom. The van der Waals surface area contributed by atoms with Gasteiger partial charge in [-0.3, -0.25) is 33.8 Å². The number of ether oxygens (including phenoxy) is 4. The normalized spacial score (nSPS) is 34.1. The van der Waals surface area contributed by atoms with Gasteiger partial charge in [-0.05, 0) is 19.3 Å². The molecule has 0 saturated carbocycles. The number of carbonyl (C=O) groups is 6. The Morgan fingerprint density at radius 1 is 0.796 bits per heavy atom. The summed E-state index contributed by atoms with van der Waals surface area (Å²) < 4.78 is 23.3. The van der Waals surface area contributed by atoms with E-state index in [1.165, 1.54) is 15.9 Å². The molecule has 6 aliphatic rings. The summed E-state index contributed by atoms with van der Waals surface area (Å²) in [5, 5.41) is 9.19. The summed E-state index contributed by atoms with van der Waals surface area (Å²) in [6.07, 6.45) is 8.39. The maximum atomic E-state index is 13.5. The van der Waals surface area contributed by atoms with Crippen LogP contribution >= 0.6 is 11.8 Å². The highest BCUT2D eigenvalue weighted by molar-refractivity contribution is 8.00. The minimum absolute atomic E-state index is 0.0226. The minimum Gasteiger partial charge on any atom is -0.377 e. The molecule has 0 aromatic heterocycles. The van der Waals surface area contributed by atoms with E-state index in [-0.39, 0.29) is 74.0 Å². The monoisotopic (exact) mass is 771 g/mol. The van der Waals surface area contributed by atoms with Crippen LogP contribution in [0.4, 0.5) is 4.79 Å². The number of amides is 7. The second kappa shape index (κ2) is 18.4. The van der Waals surface area contributed by atoms with Crippen molar-refractivity contribution >= 4 is 47.3 Å². The fraction of sp³-hybridized carbons (Fsp3) is 0.684. The zero-order valence-corrected chi connectivity index (χ0v) is 31.7. The summed E-state index contributed by atoms with van der Waals surface area (Å²) in [5.74, 6) is -3.15. The molecule has 15 nitrogen and oxygen atoms in total. The smallest absolute Gasteiger partial charge is 0.315 e. The van der Waals surface area contributed by atoms with Crippen molar-refractivity contribution in [3.8, 4) is 0 Å². The van der Waals surface area contributed by atoms with Crippen molar-refractivity contribution in [2.24, 2.45) is 23.7 Å². The molecule has 7 amide bonds. The first-order valence-electron chi connectivity index (χ1n) is 19.2. The van der Waals surface area contributed by atoms with Crippen molar-refractivity contribution in [3.63, 3.8) is 0 Å². The van der Waals surface area contributed by atoms with Gasteiger partial charge in [-0.2, -0.15) is 11.8 Å². The molecule has 3 N–H and O–H groups in total. The van der Waals surface area contributed by atoms with Crippen LogP contribution in [0.1, 0.15) is 45.4 Å². The number of nitrogens with zero attached hydrogens (tertiary/aromatic N) is 2. The van der Waals surface area contributed by atoms with Crippen molar-refractivity contribution in [2.75, 3.05) is 51.8 Å². The van der Waals surface area contributed by atoms with Gasteiger partial charge >= 0.3 is 6.03 Å². The van der Waals surface area contributed by atoms with E-state index < -0.39 is 48.1 Å². The maximum Gasteiger partial charge on any atom is 0.315 e. The van der Waals surface area contributed by atoms with Crippen LogP contribution in [0.15, 0.2) is 37.5 Å². The largest absolute Gasteiger partial charge is 0.377 e. The van der Waals surface area contributed by atoms with E-state index in [2.05, 4.69) is 29.1 Å². The van der Waals surface area contributed by atoms with Gasteiger partial charge in [0.25, 0.3) is 0 Å². The molecule has 0 spiro atoms. The Bertz CT molecular complexity index is 1490. The number of thioether (sulfide) groups is 1. The van der Waals surface area contributed by atoms with Crippen LogP contribution in [-0.4, -0.2) is 139 Å². The number of urea groups is 1. The molecule has 0 radical (unpaired) electrons. The number of fused-ring (bicyclic) bond motifs is 3. The predicted octanol–water partition coefficient (Wildman–Crippen LogP) is 1.33. The summed E-state index contributed by atoms with van der Waals surface area (Å²) in [6, 6.07) is 0.303. The summed E-state index contributed by atoms with van der Waals surface area (Å²) in [5.41, 5.74) is 0. The number of imide groups is 2. The molecule has 6 heterocycles. The first-order chi connectivity index (χ1) is 26.2. The molecule has 0 aliphatic carbocycles. The second-order valence-corrected chi connectivity index (χ2v) is 15.8. The standard InChI is InChI=1S/C38H53N5O10S/c1-4-7-15-42-34(45)29-23(5-2)52-25(31(29)36(42)47)12-13-26-32-30(24(6-3)53-26)35(46)43(37(32)48)16-18-51-20-19-50-17-14-39-28(44)11-9-8-10-27-33-22(21-54-27)40-38(49)41-33/h5-6,12-13,22-27,29-33H,2-4,7-11,14-21H2,1H3,(H,39,44)(H2,40,41,49)/b13-12-/t22-,23?,24?,25?,26?,27-,29?,30?,31?,32?,33-/m0/s1. The number of nitrogens with one attached hydrogen (secondary N) is 3. The fourth-order valence-electron chi connectivity index (χ4n) is 8.45. The summed E-state index contributed by atoms with van der Waals surface area (Å²) in [6.45, 7) is 11.4. The Morgan fingerprint density at radius 3 is 1.96 bits per heavy atom. The van der Waals surface area contributed by atoms with Gasteiger partial charge in [-0.25, -0.2) is 4.79 Å². The fourth-order valence-corrected chi connectivity index (χ4v) is 9.99. The molecule has 6 aliphatic heterocycles. The van der Waals surface area contributed by atoms with E-state index in [0.717, 1.165) is 37.9 Å². The Kier molecular flexibility index (Phi) is 13.6. The third-order valence-corrected chi connectivity index (χ3v) is 12.7. The van der Waals surface area contributed by atoms with Gasteiger partial charge in [-0.1, -0.05) is 44.1 Å². The number of likely N-dealkylation sites (tertiary alicyclic amines) is 2. The van der Waals surface area contributed by atoms with E-state index in [9.17, 15) is 28.8 Å². The molecule has 6 rings (SSSR count). The molecule has 0 aromatic carbocycles. The molecule has 0 aromatic rings. The average molecular weight is 772 g/mol. The maximum absolute atomic E-state index is 13.5. The number of hydrogen-bond acceptors (Lipinski definition) is 11. The zero-order valence-electron chi connectivity index (χ0n) is 30.9. The van der Waals surface area contributed by atoms with Gasteiger partial charge in [-0.15, -0.1) is 13.2 Å². The Balaban J connectivity index is 0.871. The highest BCUT2D eigenvalue weighted by Gasteiger charge is 2.60. The van der Waals surface area contributed by atoms with E-state index in [1.807, 2.05) is 18.7 Å². The van der Waals surface area contributed by atoms with E-state index in [1.54, 1.807) is 18.2 Å². The van der Waals surface area contributed by atoms with Crippen molar-refractivity contribution in [1.29, 1.82) is 0 Å². The summed E-state index contributed by atoms with van der Waals surface area (Å²) >= 11 is 1.87. The topological polar surface area (TPSA) is 182 Å². The lowest BCUT2D eigenvalue weighted by Crippen LogP contribution is -2.38. The van der Waals surface area contributed by atoms with Crippen LogP contribution in [0.3, 0.4) is 0 Å². The van der Waals surface area contributed by atoms with Crippen LogP contribution in [0.5, 0.6) is 0 Å². The quantitative estimate of drug-likeness (QED) is 0.0663. The van der Waals surface area contributed by atoms with E-state index >= 15 is 0 Å². The molecule has 11 atom stereocenters.